The lowest BCUT2D eigenvalue weighted by atomic mass is 9.81. The molecule has 4 amide bonds. The number of carbonyl (C=O) groups is 5. The van der Waals surface area contributed by atoms with Crippen molar-refractivity contribution in [3.63, 3.8) is 0 Å². The van der Waals surface area contributed by atoms with Crippen LogP contribution in [0.2, 0.25) is 5.02 Å². The number of hydrazine groups is 1. The molecule has 3 fully saturated rings. The number of amides is 4. The van der Waals surface area contributed by atoms with E-state index in [1.165, 1.54) is 19.1 Å². The third-order valence-corrected chi connectivity index (χ3v) is 10.1. The summed E-state index contributed by atoms with van der Waals surface area (Å²) in [5.41, 5.74) is 4.45. The SMILES string of the molecule is C[C@H](C(=O)OCC(=O)NNC(=O)c1ccccc1Cl)N1C(=O)[C@@H]2[C@H]3C[C@@H]([C@H](Br)[C@H]3Br)[C@H]2C1=O. The van der Waals surface area contributed by atoms with E-state index in [1.54, 1.807) is 12.1 Å². The summed E-state index contributed by atoms with van der Waals surface area (Å²) < 4.78 is 4.98. The zero-order valence-electron chi connectivity index (χ0n) is 17.3. The van der Waals surface area contributed by atoms with Gasteiger partial charge in [-0.2, -0.15) is 0 Å². The molecule has 0 unspecified atom stereocenters. The van der Waals surface area contributed by atoms with Crippen LogP contribution in [0.1, 0.15) is 23.7 Å². The number of imide groups is 1. The van der Waals surface area contributed by atoms with Gasteiger partial charge in [0, 0.05) is 9.65 Å². The van der Waals surface area contributed by atoms with Gasteiger partial charge in [0.05, 0.1) is 22.4 Å². The molecular weight excluding hydrogens is 586 g/mol. The number of esters is 1. The first-order valence-electron chi connectivity index (χ1n) is 10.3. The zero-order chi connectivity index (χ0) is 24.0. The molecule has 2 saturated carbocycles. The van der Waals surface area contributed by atoms with E-state index in [1.807, 2.05) is 0 Å². The van der Waals surface area contributed by atoms with Crippen molar-refractivity contribution in [2.75, 3.05) is 6.61 Å². The molecule has 33 heavy (non-hydrogen) atoms. The number of rotatable bonds is 5. The van der Waals surface area contributed by atoms with Gasteiger partial charge in [0.15, 0.2) is 6.61 Å². The van der Waals surface area contributed by atoms with Gasteiger partial charge in [-0.05, 0) is 37.3 Å². The highest BCUT2D eigenvalue weighted by Crippen LogP contribution is 2.60. The monoisotopic (exact) mass is 603 g/mol. The summed E-state index contributed by atoms with van der Waals surface area (Å²) in [7, 11) is 0. The molecule has 12 heteroatoms. The lowest BCUT2D eigenvalue weighted by Gasteiger charge is -2.28. The summed E-state index contributed by atoms with van der Waals surface area (Å²) in [4.78, 5) is 63.6. The Bertz CT molecular complexity index is 1010. The molecule has 1 aliphatic heterocycles. The van der Waals surface area contributed by atoms with Crippen molar-refractivity contribution in [2.45, 2.75) is 29.0 Å². The number of carbonyl (C=O) groups excluding carboxylic acids is 5. The van der Waals surface area contributed by atoms with Crippen molar-refractivity contribution in [2.24, 2.45) is 23.7 Å². The third-order valence-electron chi connectivity index (χ3n) is 6.53. The van der Waals surface area contributed by atoms with Crippen LogP contribution in [0.15, 0.2) is 24.3 Å². The maximum atomic E-state index is 13.0. The predicted molar refractivity (Wildman–Crippen MR) is 123 cm³/mol. The number of ether oxygens (including phenoxy) is 1. The molecule has 1 heterocycles. The predicted octanol–water partition coefficient (Wildman–Crippen LogP) is 1.81. The van der Waals surface area contributed by atoms with Crippen molar-refractivity contribution >= 4 is 73.1 Å². The summed E-state index contributed by atoms with van der Waals surface area (Å²) in [6, 6.07) is 5.11. The number of benzene rings is 1. The Kier molecular flexibility index (Phi) is 6.84. The van der Waals surface area contributed by atoms with Gasteiger partial charge in [-0.15, -0.1) is 0 Å². The fourth-order valence-corrected chi connectivity index (χ4v) is 7.09. The number of halogens is 3. The number of nitrogens with one attached hydrogen (secondary N) is 2. The van der Waals surface area contributed by atoms with Gasteiger partial charge in [0.25, 0.3) is 11.8 Å². The molecule has 1 saturated heterocycles. The van der Waals surface area contributed by atoms with E-state index in [0.717, 1.165) is 11.3 Å². The van der Waals surface area contributed by atoms with Crippen LogP contribution in [-0.2, 0) is 23.9 Å². The lowest BCUT2D eigenvalue weighted by molar-refractivity contribution is -0.160. The Hall–Kier alpha value is -1.98. The number of alkyl halides is 2. The number of hydrogen-bond acceptors (Lipinski definition) is 6. The van der Waals surface area contributed by atoms with Crippen LogP contribution in [0, 0.1) is 23.7 Å². The van der Waals surface area contributed by atoms with Crippen molar-refractivity contribution in [1.29, 1.82) is 0 Å². The minimum absolute atomic E-state index is 0.0292. The molecule has 1 aromatic carbocycles. The number of hydrogen-bond donors (Lipinski definition) is 2. The topological polar surface area (TPSA) is 122 Å². The summed E-state index contributed by atoms with van der Waals surface area (Å²) in [5, 5.41) is 0.208. The second-order valence-corrected chi connectivity index (χ2v) is 10.8. The van der Waals surface area contributed by atoms with Crippen molar-refractivity contribution < 1.29 is 28.7 Å². The maximum Gasteiger partial charge on any atom is 0.329 e. The van der Waals surface area contributed by atoms with Crippen LogP contribution in [0.25, 0.3) is 0 Å². The van der Waals surface area contributed by atoms with Crippen LogP contribution < -0.4 is 10.9 Å². The van der Waals surface area contributed by atoms with E-state index in [0.29, 0.717) is 0 Å². The second-order valence-electron chi connectivity index (χ2n) is 8.32. The summed E-state index contributed by atoms with van der Waals surface area (Å²) in [6.07, 6.45) is 0.783. The highest BCUT2D eigenvalue weighted by Gasteiger charge is 2.67. The molecule has 2 N–H and O–H groups in total. The molecule has 3 aliphatic rings. The Morgan fingerprint density at radius 1 is 1.09 bits per heavy atom. The molecule has 1 aromatic rings. The zero-order valence-corrected chi connectivity index (χ0v) is 21.2. The van der Waals surface area contributed by atoms with Crippen molar-refractivity contribution in [1.82, 2.24) is 15.8 Å². The first-order chi connectivity index (χ1) is 15.6. The molecule has 176 valence electrons. The van der Waals surface area contributed by atoms with E-state index in [2.05, 4.69) is 42.7 Å². The van der Waals surface area contributed by atoms with Gasteiger partial charge in [-0.1, -0.05) is 55.6 Å². The summed E-state index contributed by atoms with van der Waals surface area (Å²) in [6.45, 7) is 0.697. The Morgan fingerprint density at radius 2 is 1.67 bits per heavy atom. The van der Waals surface area contributed by atoms with Crippen LogP contribution in [0.5, 0.6) is 0 Å². The van der Waals surface area contributed by atoms with Gasteiger partial charge in [0.1, 0.15) is 6.04 Å². The molecule has 2 aliphatic carbocycles. The van der Waals surface area contributed by atoms with E-state index < -0.39 is 42.3 Å². The minimum atomic E-state index is -1.16. The van der Waals surface area contributed by atoms with Crippen molar-refractivity contribution in [3.8, 4) is 0 Å². The molecule has 0 radical (unpaired) electrons. The van der Waals surface area contributed by atoms with Crippen LogP contribution in [-0.4, -0.2) is 56.8 Å². The number of fused-ring (bicyclic) bond motifs is 5. The highest BCUT2D eigenvalue weighted by atomic mass is 79.9. The quantitative estimate of drug-likeness (QED) is 0.229. The van der Waals surface area contributed by atoms with E-state index in [4.69, 9.17) is 16.3 Å². The fourth-order valence-electron chi connectivity index (χ4n) is 4.99. The largest absolute Gasteiger partial charge is 0.454 e. The first kappa shape index (κ1) is 24.2. The average Bonchev–Trinajstić information content (AvgIpc) is 3.40. The van der Waals surface area contributed by atoms with Crippen molar-refractivity contribution in [3.05, 3.63) is 34.9 Å². The van der Waals surface area contributed by atoms with Crippen LogP contribution in [0.4, 0.5) is 0 Å². The molecule has 0 aromatic heterocycles. The van der Waals surface area contributed by atoms with Gasteiger partial charge < -0.3 is 4.74 Å². The average molecular weight is 606 g/mol. The molecule has 4 rings (SSSR count). The maximum absolute atomic E-state index is 13.0. The third kappa shape index (κ3) is 4.19. The first-order valence-corrected chi connectivity index (χ1v) is 12.5. The summed E-state index contributed by atoms with van der Waals surface area (Å²) >= 11 is 13.1. The summed E-state index contributed by atoms with van der Waals surface area (Å²) in [5.74, 6) is -3.90. The Balaban J connectivity index is 1.30. The molecule has 0 spiro atoms. The number of nitrogens with zero attached hydrogens (tertiary/aromatic N) is 1. The lowest BCUT2D eigenvalue weighted by Crippen LogP contribution is -2.47. The van der Waals surface area contributed by atoms with Gasteiger partial charge in [0.2, 0.25) is 11.8 Å². The van der Waals surface area contributed by atoms with E-state index in [9.17, 15) is 24.0 Å². The Labute approximate surface area is 211 Å². The van der Waals surface area contributed by atoms with E-state index >= 15 is 0 Å². The van der Waals surface area contributed by atoms with Gasteiger partial charge in [-0.25, -0.2) is 4.79 Å². The van der Waals surface area contributed by atoms with Gasteiger partial charge in [-0.3, -0.25) is 34.9 Å². The normalized spacial score (nSPS) is 30.7. The number of likely N-dealkylation sites (tertiary alicyclic amines) is 1. The Morgan fingerprint density at radius 3 is 2.24 bits per heavy atom. The second kappa shape index (κ2) is 9.34. The minimum Gasteiger partial charge on any atom is -0.454 e. The molecule has 2 bridgehead atoms. The smallest absolute Gasteiger partial charge is 0.329 e. The van der Waals surface area contributed by atoms with Crippen LogP contribution in [0.3, 0.4) is 0 Å². The van der Waals surface area contributed by atoms with Gasteiger partial charge >= 0.3 is 5.97 Å². The molecular formula is C21H20Br2ClN3O6. The standard InChI is InChI=1S/C21H20Br2ClN3O6/c1-8(27-19(30)14-10-6-11(15(14)20(27)31)17(23)16(10)22)21(32)33-7-13(28)25-26-18(29)9-4-2-3-5-12(9)24/h2-5,8,10-11,14-17H,6-7H2,1H3,(H,25,28)(H,26,29)/t8-,10-,11-,14-,15-,16+,17+/m1/s1. The van der Waals surface area contributed by atoms with Crippen LogP contribution >= 0.6 is 43.5 Å². The molecule has 9 nitrogen and oxygen atoms in total. The van der Waals surface area contributed by atoms with E-state index in [-0.39, 0.29) is 43.9 Å². The highest BCUT2D eigenvalue weighted by molar-refractivity contribution is 9.12. The fraction of sp³-hybridized carbons (Fsp3) is 0.476. The molecule has 7 atom stereocenters.